The number of hydrogen-bond donors (Lipinski definition) is 3. The minimum atomic E-state index is -0.491. The van der Waals surface area contributed by atoms with E-state index in [9.17, 15) is 9.90 Å². The summed E-state index contributed by atoms with van der Waals surface area (Å²) in [6.07, 6.45) is 0.366. The molecule has 5 N–H and O–H groups in total. The van der Waals surface area contributed by atoms with E-state index in [4.69, 9.17) is 11.5 Å². The van der Waals surface area contributed by atoms with E-state index in [-0.39, 0.29) is 12.1 Å². The third-order valence-electron chi connectivity index (χ3n) is 3.59. The molecule has 0 aliphatic carbocycles. The van der Waals surface area contributed by atoms with E-state index in [1.165, 1.54) is 0 Å². The second kappa shape index (κ2) is 5.68. The highest BCUT2D eigenvalue weighted by Gasteiger charge is 2.32. The normalized spacial score (nSPS) is 22.5. The van der Waals surface area contributed by atoms with Crippen molar-refractivity contribution >= 4 is 17.3 Å². The molecule has 1 aliphatic heterocycles. The van der Waals surface area contributed by atoms with Crippen molar-refractivity contribution in [2.75, 3.05) is 37.8 Å². The summed E-state index contributed by atoms with van der Waals surface area (Å²) in [7, 11) is 4.00. The number of benzene rings is 1. The highest BCUT2D eigenvalue weighted by Crippen LogP contribution is 2.31. The Kier molecular flexibility index (Phi) is 4.15. The van der Waals surface area contributed by atoms with Crippen molar-refractivity contribution in [2.24, 2.45) is 5.73 Å². The molecular formula is C14H22N4O2. The molecule has 6 nitrogen and oxygen atoms in total. The van der Waals surface area contributed by atoms with Gasteiger partial charge in [-0.15, -0.1) is 0 Å². The molecule has 1 fully saturated rings. The molecule has 20 heavy (non-hydrogen) atoms. The van der Waals surface area contributed by atoms with E-state index < -0.39 is 5.91 Å². The molecule has 0 spiro atoms. The SMILES string of the molecule is CN(C)CC1CC(O)CN1c1ccc(C(N)=O)cc1N. The fourth-order valence-corrected chi connectivity index (χ4v) is 2.75. The maximum atomic E-state index is 11.2. The fraction of sp³-hybridized carbons (Fsp3) is 0.500. The molecule has 0 radical (unpaired) electrons. The summed E-state index contributed by atoms with van der Waals surface area (Å²) in [5.41, 5.74) is 13.0. The quantitative estimate of drug-likeness (QED) is 0.667. The molecule has 1 saturated heterocycles. The summed E-state index contributed by atoms with van der Waals surface area (Å²) in [5.74, 6) is -0.491. The van der Waals surface area contributed by atoms with Gasteiger partial charge in [0, 0.05) is 24.7 Å². The number of amides is 1. The number of anilines is 2. The van der Waals surface area contributed by atoms with Crippen LogP contribution in [0.1, 0.15) is 16.8 Å². The number of primary amides is 1. The molecule has 1 amide bonds. The van der Waals surface area contributed by atoms with Crippen molar-refractivity contribution in [1.29, 1.82) is 0 Å². The van der Waals surface area contributed by atoms with Crippen LogP contribution in [0, 0.1) is 0 Å². The highest BCUT2D eigenvalue weighted by atomic mass is 16.3. The van der Waals surface area contributed by atoms with Crippen LogP contribution < -0.4 is 16.4 Å². The second-order valence-corrected chi connectivity index (χ2v) is 5.60. The topological polar surface area (TPSA) is 95.8 Å². The van der Waals surface area contributed by atoms with Crippen LogP contribution in [0.4, 0.5) is 11.4 Å². The number of aliphatic hydroxyl groups is 1. The average molecular weight is 278 g/mol. The van der Waals surface area contributed by atoms with Crippen LogP contribution in [0.25, 0.3) is 0 Å². The Morgan fingerprint density at radius 2 is 2.20 bits per heavy atom. The van der Waals surface area contributed by atoms with Crippen LogP contribution in [0.3, 0.4) is 0 Å². The summed E-state index contributed by atoms with van der Waals surface area (Å²) >= 11 is 0. The summed E-state index contributed by atoms with van der Waals surface area (Å²) in [4.78, 5) is 15.3. The predicted molar refractivity (Wildman–Crippen MR) is 79.7 cm³/mol. The number of carbonyl (C=O) groups is 1. The van der Waals surface area contributed by atoms with Gasteiger partial charge in [-0.1, -0.05) is 0 Å². The van der Waals surface area contributed by atoms with E-state index in [1.807, 2.05) is 14.1 Å². The van der Waals surface area contributed by atoms with E-state index >= 15 is 0 Å². The molecule has 1 aliphatic rings. The number of carbonyl (C=O) groups excluding carboxylic acids is 1. The van der Waals surface area contributed by atoms with Crippen molar-refractivity contribution < 1.29 is 9.90 Å². The van der Waals surface area contributed by atoms with Gasteiger partial charge in [0.15, 0.2) is 0 Å². The van der Waals surface area contributed by atoms with Crippen molar-refractivity contribution in [2.45, 2.75) is 18.6 Å². The van der Waals surface area contributed by atoms with E-state index in [1.54, 1.807) is 18.2 Å². The maximum Gasteiger partial charge on any atom is 0.248 e. The van der Waals surface area contributed by atoms with Crippen LogP contribution in [-0.2, 0) is 0 Å². The predicted octanol–water partition coefficient (Wildman–Crippen LogP) is -0.131. The molecule has 6 heteroatoms. The Labute approximate surface area is 119 Å². The smallest absolute Gasteiger partial charge is 0.248 e. The largest absolute Gasteiger partial charge is 0.397 e. The molecule has 2 unspecified atom stereocenters. The second-order valence-electron chi connectivity index (χ2n) is 5.60. The van der Waals surface area contributed by atoms with Gasteiger partial charge in [-0.25, -0.2) is 0 Å². The van der Waals surface area contributed by atoms with Gasteiger partial charge in [0.2, 0.25) is 5.91 Å². The number of β-amino-alcohol motifs (C(OH)–C–C–N with tert-alkyl or cyclic N) is 1. The van der Waals surface area contributed by atoms with Crippen molar-refractivity contribution in [1.82, 2.24) is 4.90 Å². The highest BCUT2D eigenvalue weighted by molar-refractivity contribution is 5.95. The zero-order valence-corrected chi connectivity index (χ0v) is 11.9. The van der Waals surface area contributed by atoms with Crippen LogP contribution in [0.5, 0.6) is 0 Å². The molecule has 0 bridgehead atoms. The van der Waals surface area contributed by atoms with Gasteiger partial charge in [0.05, 0.1) is 17.5 Å². The lowest BCUT2D eigenvalue weighted by Crippen LogP contribution is -2.38. The Morgan fingerprint density at radius 1 is 1.50 bits per heavy atom. The summed E-state index contributed by atoms with van der Waals surface area (Å²) < 4.78 is 0. The number of nitrogen functional groups attached to an aromatic ring is 1. The first kappa shape index (κ1) is 14.6. The standard InChI is InChI=1S/C14H22N4O2/c1-17(2)7-10-6-11(19)8-18(10)13-4-3-9(14(16)20)5-12(13)15/h3-5,10-11,19H,6-8,15H2,1-2H3,(H2,16,20). The minimum Gasteiger partial charge on any atom is -0.397 e. The van der Waals surface area contributed by atoms with Gasteiger partial charge in [0.1, 0.15) is 0 Å². The Bertz CT molecular complexity index is 504. The zero-order valence-electron chi connectivity index (χ0n) is 11.9. The Balaban J connectivity index is 2.27. The summed E-state index contributed by atoms with van der Waals surface area (Å²) in [6.45, 7) is 1.40. The molecule has 0 saturated carbocycles. The summed E-state index contributed by atoms with van der Waals surface area (Å²) in [5, 5.41) is 9.90. The molecule has 2 atom stereocenters. The first-order valence-electron chi connectivity index (χ1n) is 6.67. The number of hydrogen-bond acceptors (Lipinski definition) is 5. The van der Waals surface area contributed by atoms with Gasteiger partial charge in [-0.2, -0.15) is 0 Å². The van der Waals surface area contributed by atoms with Crippen LogP contribution in [0.15, 0.2) is 18.2 Å². The molecule has 110 valence electrons. The van der Waals surface area contributed by atoms with Crippen molar-refractivity contribution in [3.8, 4) is 0 Å². The minimum absolute atomic E-state index is 0.210. The third-order valence-corrected chi connectivity index (χ3v) is 3.59. The molecule has 1 heterocycles. The maximum absolute atomic E-state index is 11.2. The van der Waals surface area contributed by atoms with Gasteiger partial charge in [0.25, 0.3) is 0 Å². The van der Waals surface area contributed by atoms with Gasteiger partial charge >= 0.3 is 0 Å². The lowest BCUT2D eigenvalue weighted by molar-refractivity contribution is 0.100. The third kappa shape index (κ3) is 3.02. The van der Waals surface area contributed by atoms with E-state index in [0.29, 0.717) is 17.8 Å². The van der Waals surface area contributed by atoms with Crippen LogP contribution in [0.2, 0.25) is 0 Å². The van der Waals surface area contributed by atoms with Gasteiger partial charge < -0.3 is 26.4 Å². The fourth-order valence-electron chi connectivity index (χ4n) is 2.75. The number of rotatable bonds is 4. The Hall–Kier alpha value is -1.79. The number of likely N-dealkylation sites (N-methyl/N-ethyl adjacent to an activating group) is 1. The van der Waals surface area contributed by atoms with E-state index in [0.717, 1.165) is 18.7 Å². The van der Waals surface area contributed by atoms with E-state index in [2.05, 4.69) is 9.80 Å². The molecule has 1 aromatic rings. The molecule has 2 rings (SSSR count). The average Bonchev–Trinajstić information content (AvgIpc) is 2.68. The first-order chi connectivity index (χ1) is 9.38. The molecule has 1 aromatic carbocycles. The lowest BCUT2D eigenvalue weighted by Gasteiger charge is -2.29. The van der Waals surface area contributed by atoms with Crippen LogP contribution >= 0.6 is 0 Å². The zero-order chi connectivity index (χ0) is 14.9. The summed E-state index contributed by atoms with van der Waals surface area (Å²) in [6, 6.07) is 5.28. The monoisotopic (exact) mass is 278 g/mol. The lowest BCUT2D eigenvalue weighted by atomic mass is 10.1. The number of nitrogens with two attached hydrogens (primary N) is 2. The van der Waals surface area contributed by atoms with Gasteiger partial charge in [-0.05, 0) is 38.7 Å². The van der Waals surface area contributed by atoms with Gasteiger partial charge in [-0.3, -0.25) is 4.79 Å². The molecule has 0 aromatic heterocycles. The van der Waals surface area contributed by atoms with Crippen molar-refractivity contribution in [3.63, 3.8) is 0 Å². The van der Waals surface area contributed by atoms with Crippen molar-refractivity contribution in [3.05, 3.63) is 23.8 Å². The Morgan fingerprint density at radius 3 is 2.75 bits per heavy atom. The number of aliphatic hydroxyl groups excluding tert-OH is 1. The van der Waals surface area contributed by atoms with Crippen LogP contribution in [-0.4, -0.2) is 55.2 Å². The number of nitrogens with zero attached hydrogens (tertiary/aromatic N) is 2. The first-order valence-corrected chi connectivity index (χ1v) is 6.67. The molecular weight excluding hydrogens is 256 g/mol.